The highest BCUT2D eigenvalue weighted by Crippen LogP contribution is 2.66. The Labute approximate surface area is 200 Å². The Kier molecular flexibility index (Phi) is 4.95. The number of Topliss-reactive ketones (excluding diaryl/α,β-unsaturated/α-hetero) is 1. The summed E-state index contributed by atoms with van der Waals surface area (Å²) >= 11 is 0. The quantitative estimate of drug-likeness (QED) is 0.711. The van der Waals surface area contributed by atoms with E-state index in [4.69, 9.17) is 5.73 Å². The molecule has 180 valence electrons. The number of fused-ring (bicyclic) bond motifs is 6. The number of benzene rings is 1. The summed E-state index contributed by atoms with van der Waals surface area (Å²) in [6.45, 7) is 4.67. The largest absolute Gasteiger partial charge is 0.393 e. The second-order valence-electron chi connectivity index (χ2n) is 11.6. The number of halogens is 1. The molecule has 4 aliphatic rings. The molecule has 0 saturated heterocycles. The average molecular weight is 464 g/mol. The zero-order valence-corrected chi connectivity index (χ0v) is 20.0. The number of carbonyl (C=O) groups is 1. The fraction of sp³-hybridized carbons (Fsp3) is 0.571. The van der Waals surface area contributed by atoms with Crippen molar-refractivity contribution in [1.82, 2.24) is 9.78 Å². The molecule has 2 aromatic rings. The van der Waals surface area contributed by atoms with E-state index in [2.05, 4.69) is 25.0 Å². The smallest absolute Gasteiger partial charge is 0.150 e. The van der Waals surface area contributed by atoms with Crippen LogP contribution in [-0.2, 0) is 11.2 Å². The van der Waals surface area contributed by atoms with Gasteiger partial charge in [-0.3, -0.25) is 4.79 Å². The van der Waals surface area contributed by atoms with Crippen molar-refractivity contribution in [2.75, 3.05) is 6.54 Å². The number of hydrogen-bond acceptors (Lipinski definition) is 4. The monoisotopic (exact) mass is 463 g/mol. The number of aliphatic hydroxyl groups is 1. The molecule has 1 aromatic carbocycles. The minimum absolute atomic E-state index is 0.0188. The lowest BCUT2D eigenvalue weighted by molar-refractivity contribution is -0.141. The van der Waals surface area contributed by atoms with Gasteiger partial charge in [0.05, 0.1) is 30.2 Å². The summed E-state index contributed by atoms with van der Waals surface area (Å²) in [7, 11) is 0. The van der Waals surface area contributed by atoms with E-state index in [1.165, 1.54) is 23.3 Å². The number of allylic oxidation sites excluding steroid dienone is 1. The molecule has 5 nitrogen and oxygen atoms in total. The minimum Gasteiger partial charge on any atom is -0.393 e. The molecule has 0 amide bonds. The Morgan fingerprint density at radius 1 is 1.24 bits per heavy atom. The number of hydrogen-bond donors (Lipinski definition) is 2. The Morgan fingerprint density at radius 2 is 2.00 bits per heavy atom. The highest BCUT2D eigenvalue weighted by atomic mass is 19.1. The highest BCUT2D eigenvalue weighted by Gasteiger charge is 2.62. The highest BCUT2D eigenvalue weighted by molar-refractivity contribution is 5.84. The van der Waals surface area contributed by atoms with E-state index in [0.29, 0.717) is 18.3 Å². The second kappa shape index (κ2) is 7.59. The zero-order valence-electron chi connectivity index (χ0n) is 20.0. The molecule has 3 saturated carbocycles. The maximum Gasteiger partial charge on any atom is 0.150 e. The molecule has 6 heteroatoms. The van der Waals surface area contributed by atoms with Crippen molar-refractivity contribution < 1.29 is 14.3 Å². The van der Waals surface area contributed by atoms with Gasteiger partial charge < -0.3 is 10.8 Å². The number of rotatable bonds is 3. The van der Waals surface area contributed by atoms with Gasteiger partial charge in [-0.2, -0.15) is 5.10 Å². The molecule has 0 radical (unpaired) electrons. The number of nitrogens with zero attached hydrogens (tertiary/aromatic N) is 2. The van der Waals surface area contributed by atoms with Crippen LogP contribution in [0, 0.1) is 40.3 Å². The lowest BCUT2D eigenvalue weighted by Crippen LogP contribution is -2.57. The average Bonchev–Trinajstić information content (AvgIpc) is 3.36. The van der Waals surface area contributed by atoms with Crippen LogP contribution in [0.15, 0.2) is 36.0 Å². The van der Waals surface area contributed by atoms with E-state index in [1.807, 2.05) is 10.9 Å². The summed E-state index contributed by atoms with van der Waals surface area (Å²) in [4.78, 5) is 12.7. The summed E-state index contributed by atoms with van der Waals surface area (Å²) in [5, 5.41) is 16.3. The van der Waals surface area contributed by atoms with Crippen LogP contribution in [-0.4, -0.2) is 33.3 Å². The maximum atomic E-state index is 13.5. The molecule has 6 rings (SSSR count). The molecule has 4 aliphatic carbocycles. The molecule has 1 heterocycles. The van der Waals surface area contributed by atoms with E-state index in [1.54, 1.807) is 12.1 Å². The van der Waals surface area contributed by atoms with Crippen LogP contribution in [0.4, 0.5) is 4.39 Å². The Balaban J connectivity index is 1.35. The molecular formula is C28H34FN3O2. The first-order valence-electron chi connectivity index (χ1n) is 12.7. The van der Waals surface area contributed by atoms with Crippen LogP contribution >= 0.6 is 0 Å². The van der Waals surface area contributed by atoms with E-state index in [9.17, 15) is 14.3 Å². The van der Waals surface area contributed by atoms with E-state index < -0.39 is 6.10 Å². The van der Waals surface area contributed by atoms with Gasteiger partial charge in [0, 0.05) is 5.92 Å². The van der Waals surface area contributed by atoms with Gasteiger partial charge in [0.2, 0.25) is 0 Å². The standard InChI is InChI=1S/C28H34FN3O2/c1-27-12-16-15-31-32(19-6-4-18(29)5-7-19)23(16)11-17(27)3-8-20-21-9-10-22(25(34)14-30)28(21,2)13-24(33)26(20)27/h4-7,11,15,20-22,24,26,33H,3,8-10,12-14,30H2,1-2H3. The third kappa shape index (κ3) is 2.97. The molecule has 0 aliphatic heterocycles. The SMILES string of the molecule is CC12Cc3cnn(-c4ccc(F)cc4)c3C=C1CCC1C2C(O)CC2(C)C(C(=O)CN)CCC12. The first-order chi connectivity index (χ1) is 16.3. The van der Waals surface area contributed by atoms with Crippen molar-refractivity contribution in [1.29, 1.82) is 0 Å². The number of aromatic nitrogens is 2. The Morgan fingerprint density at radius 3 is 2.74 bits per heavy atom. The van der Waals surface area contributed by atoms with Gasteiger partial charge in [-0.05, 0) is 103 Å². The molecule has 7 atom stereocenters. The summed E-state index contributed by atoms with van der Waals surface area (Å²) in [6, 6.07) is 6.45. The fourth-order valence-electron chi connectivity index (χ4n) is 8.64. The maximum absolute atomic E-state index is 13.5. The normalized spacial score (nSPS) is 38.4. The van der Waals surface area contributed by atoms with Crippen molar-refractivity contribution in [2.24, 2.45) is 40.2 Å². The van der Waals surface area contributed by atoms with E-state index in [0.717, 1.165) is 43.5 Å². The Bertz CT molecular complexity index is 1170. The van der Waals surface area contributed by atoms with Gasteiger partial charge in [-0.1, -0.05) is 19.4 Å². The predicted molar refractivity (Wildman–Crippen MR) is 129 cm³/mol. The molecule has 0 bridgehead atoms. The van der Waals surface area contributed by atoms with Gasteiger partial charge in [-0.25, -0.2) is 9.07 Å². The molecule has 7 unspecified atom stereocenters. The van der Waals surface area contributed by atoms with Crippen molar-refractivity contribution in [3.8, 4) is 5.69 Å². The van der Waals surface area contributed by atoms with Gasteiger partial charge in [0.25, 0.3) is 0 Å². The zero-order chi connectivity index (χ0) is 23.8. The van der Waals surface area contributed by atoms with Gasteiger partial charge in [-0.15, -0.1) is 0 Å². The van der Waals surface area contributed by atoms with E-state index in [-0.39, 0.29) is 40.8 Å². The molecule has 0 spiro atoms. The first kappa shape index (κ1) is 22.2. The van der Waals surface area contributed by atoms with Crippen LogP contribution in [0.3, 0.4) is 0 Å². The van der Waals surface area contributed by atoms with Crippen molar-refractivity contribution in [3.63, 3.8) is 0 Å². The number of carbonyl (C=O) groups excluding carboxylic acids is 1. The lowest BCUT2D eigenvalue weighted by atomic mass is 9.46. The van der Waals surface area contributed by atoms with E-state index >= 15 is 0 Å². The van der Waals surface area contributed by atoms with Crippen molar-refractivity contribution in [3.05, 3.63) is 53.1 Å². The number of ketones is 1. The van der Waals surface area contributed by atoms with Crippen molar-refractivity contribution in [2.45, 2.75) is 58.5 Å². The van der Waals surface area contributed by atoms with Crippen LogP contribution in [0.1, 0.15) is 57.2 Å². The lowest BCUT2D eigenvalue weighted by Gasteiger charge is -2.59. The van der Waals surface area contributed by atoms with Crippen LogP contribution in [0.5, 0.6) is 0 Å². The number of aliphatic hydroxyl groups excluding tert-OH is 1. The third-order valence-electron chi connectivity index (χ3n) is 10.1. The predicted octanol–water partition coefficient (Wildman–Crippen LogP) is 4.31. The second-order valence-corrected chi connectivity index (χ2v) is 11.6. The van der Waals surface area contributed by atoms with Crippen molar-refractivity contribution >= 4 is 11.9 Å². The summed E-state index contributed by atoms with van der Waals surface area (Å²) in [5.41, 5.74) is 9.98. The Hall–Kier alpha value is -2.31. The van der Waals surface area contributed by atoms with Crippen LogP contribution in [0.2, 0.25) is 0 Å². The fourth-order valence-corrected chi connectivity index (χ4v) is 8.64. The molecular weight excluding hydrogens is 429 g/mol. The topological polar surface area (TPSA) is 81.1 Å². The third-order valence-corrected chi connectivity index (χ3v) is 10.1. The van der Waals surface area contributed by atoms with Gasteiger partial charge >= 0.3 is 0 Å². The molecule has 3 fully saturated rings. The summed E-state index contributed by atoms with van der Waals surface area (Å²) < 4.78 is 15.4. The molecule has 34 heavy (non-hydrogen) atoms. The van der Waals surface area contributed by atoms with Crippen LogP contribution in [0.25, 0.3) is 11.8 Å². The van der Waals surface area contributed by atoms with Gasteiger partial charge in [0.1, 0.15) is 11.6 Å². The molecule has 3 N–H and O–H groups in total. The number of nitrogens with two attached hydrogens (primary N) is 1. The van der Waals surface area contributed by atoms with Crippen LogP contribution < -0.4 is 5.73 Å². The summed E-state index contributed by atoms with van der Waals surface area (Å²) in [6.07, 6.45) is 9.33. The van der Waals surface area contributed by atoms with Gasteiger partial charge in [0.15, 0.2) is 0 Å². The summed E-state index contributed by atoms with van der Waals surface area (Å²) in [5.74, 6) is 0.945. The minimum atomic E-state index is -0.431. The first-order valence-corrected chi connectivity index (χ1v) is 12.7. The molecule has 1 aromatic heterocycles.